The lowest BCUT2D eigenvalue weighted by Gasteiger charge is -2.14. The fourth-order valence-corrected chi connectivity index (χ4v) is 1.10. The van der Waals surface area contributed by atoms with Gasteiger partial charge in [-0.2, -0.15) is 5.10 Å². The summed E-state index contributed by atoms with van der Waals surface area (Å²) in [7, 11) is 0. The number of phenolic OH excluding ortho intramolecular Hbond substituents is 1. The number of carbonyl (C=O) groups excluding carboxylic acids is 1. The molecule has 0 bridgehead atoms. The van der Waals surface area contributed by atoms with Crippen LogP contribution in [0.1, 0.15) is 20.8 Å². The number of benzene rings is 1. The number of H-pyrrole nitrogens is 1. The summed E-state index contributed by atoms with van der Waals surface area (Å²) in [6, 6.07) is 5.27. The van der Waals surface area contributed by atoms with E-state index in [4.69, 9.17) is 0 Å². The van der Waals surface area contributed by atoms with Crippen LogP contribution in [0.2, 0.25) is 0 Å². The van der Waals surface area contributed by atoms with E-state index in [1.165, 1.54) is 0 Å². The SMILES string of the molecule is CC(C)(C)OC=O.Oc1cccc2[nH]ncc12. The summed E-state index contributed by atoms with van der Waals surface area (Å²) in [4.78, 5) is 9.60. The van der Waals surface area contributed by atoms with Crippen molar-refractivity contribution in [2.24, 2.45) is 0 Å². The Morgan fingerprint density at radius 1 is 1.41 bits per heavy atom. The Hall–Kier alpha value is -2.04. The zero-order valence-electron chi connectivity index (χ0n) is 10.1. The van der Waals surface area contributed by atoms with Crippen LogP contribution in [0.5, 0.6) is 5.75 Å². The molecule has 0 radical (unpaired) electrons. The van der Waals surface area contributed by atoms with Gasteiger partial charge in [-0.15, -0.1) is 0 Å². The molecule has 0 saturated carbocycles. The van der Waals surface area contributed by atoms with Gasteiger partial charge in [-0.05, 0) is 32.9 Å². The highest BCUT2D eigenvalue weighted by atomic mass is 16.5. The molecule has 2 aromatic rings. The van der Waals surface area contributed by atoms with E-state index in [-0.39, 0.29) is 11.4 Å². The first kappa shape index (κ1) is 13.0. The highest BCUT2D eigenvalue weighted by Crippen LogP contribution is 2.20. The summed E-state index contributed by atoms with van der Waals surface area (Å²) in [5, 5.41) is 16.5. The zero-order valence-corrected chi connectivity index (χ0v) is 10.1. The molecule has 0 amide bonds. The number of nitrogens with one attached hydrogen (secondary N) is 1. The Kier molecular flexibility index (Phi) is 4.09. The molecule has 5 nitrogen and oxygen atoms in total. The number of rotatable bonds is 1. The molecule has 0 saturated heterocycles. The number of hydrogen-bond donors (Lipinski definition) is 2. The lowest BCUT2D eigenvalue weighted by atomic mass is 10.2. The third kappa shape index (κ3) is 4.14. The van der Waals surface area contributed by atoms with Crippen LogP contribution in [0.4, 0.5) is 0 Å². The minimum atomic E-state index is -0.318. The molecule has 0 aliphatic heterocycles. The van der Waals surface area contributed by atoms with Crippen molar-refractivity contribution < 1.29 is 14.6 Å². The van der Waals surface area contributed by atoms with Gasteiger partial charge in [0, 0.05) is 0 Å². The van der Waals surface area contributed by atoms with Crippen LogP contribution < -0.4 is 0 Å². The topological polar surface area (TPSA) is 75.2 Å². The quantitative estimate of drug-likeness (QED) is 0.744. The first-order chi connectivity index (χ1) is 7.94. The fourth-order valence-electron chi connectivity index (χ4n) is 1.10. The molecule has 17 heavy (non-hydrogen) atoms. The number of nitrogens with zero attached hydrogens (tertiary/aromatic N) is 1. The molecule has 0 unspecified atom stereocenters. The second-order valence-corrected chi connectivity index (χ2v) is 4.43. The largest absolute Gasteiger partial charge is 0.507 e. The Balaban J connectivity index is 0.000000185. The molecular formula is C12H16N2O3. The summed E-state index contributed by atoms with van der Waals surface area (Å²) in [5.41, 5.74) is 0.543. The fraction of sp³-hybridized carbons (Fsp3) is 0.333. The van der Waals surface area contributed by atoms with Crippen LogP contribution in [0, 0.1) is 0 Å². The molecule has 0 aliphatic rings. The Morgan fingerprint density at radius 2 is 2.12 bits per heavy atom. The number of ether oxygens (including phenoxy) is 1. The van der Waals surface area contributed by atoms with Gasteiger partial charge in [-0.1, -0.05) is 6.07 Å². The molecule has 2 N–H and O–H groups in total. The normalized spacial score (nSPS) is 10.5. The van der Waals surface area contributed by atoms with E-state index in [1.807, 2.05) is 26.8 Å². The number of aromatic nitrogens is 2. The molecule has 2 rings (SSSR count). The maximum atomic E-state index is 9.60. The van der Waals surface area contributed by atoms with Gasteiger partial charge in [0.1, 0.15) is 11.4 Å². The van der Waals surface area contributed by atoms with Crippen molar-refractivity contribution in [1.82, 2.24) is 10.2 Å². The van der Waals surface area contributed by atoms with Gasteiger partial charge in [-0.25, -0.2) is 0 Å². The van der Waals surface area contributed by atoms with Crippen LogP contribution in [0.15, 0.2) is 24.4 Å². The minimum absolute atomic E-state index is 0.270. The van der Waals surface area contributed by atoms with Gasteiger partial charge in [0.15, 0.2) is 0 Å². The van der Waals surface area contributed by atoms with Crippen molar-refractivity contribution >= 4 is 17.4 Å². The number of phenols is 1. The average Bonchev–Trinajstić information content (AvgIpc) is 2.66. The van der Waals surface area contributed by atoms with E-state index < -0.39 is 0 Å². The van der Waals surface area contributed by atoms with E-state index in [1.54, 1.807) is 18.3 Å². The average molecular weight is 236 g/mol. The van der Waals surface area contributed by atoms with Gasteiger partial charge in [-0.3, -0.25) is 9.89 Å². The molecule has 1 aromatic heterocycles. The smallest absolute Gasteiger partial charge is 0.293 e. The maximum absolute atomic E-state index is 9.60. The third-order valence-electron chi connectivity index (χ3n) is 1.86. The van der Waals surface area contributed by atoms with Gasteiger partial charge < -0.3 is 9.84 Å². The van der Waals surface area contributed by atoms with Crippen LogP contribution in [-0.2, 0) is 9.53 Å². The van der Waals surface area contributed by atoms with Crippen molar-refractivity contribution in [1.29, 1.82) is 0 Å². The van der Waals surface area contributed by atoms with Gasteiger partial charge in [0.25, 0.3) is 6.47 Å². The van der Waals surface area contributed by atoms with E-state index in [2.05, 4.69) is 14.9 Å². The highest BCUT2D eigenvalue weighted by Gasteiger charge is 2.07. The minimum Gasteiger partial charge on any atom is -0.507 e. The van der Waals surface area contributed by atoms with Crippen LogP contribution >= 0.6 is 0 Å². The summed E-state index contributed by atoms with van der Waals surface area (Å²) >= 11 is 0. The monoisotopic (exact) mass is 236 g/mol. The molecule has 0 atom stereocenters. The first-order valence-electron chi connectivity index (χ1n) is 5.16. The molecule has 0 aliphatic carbocycles. The van der Waals surface area contributed by atoms with Crippen LogP contribution in [-0.4, -0.2) is 27.4 Å². The summed E-state index contributed by atoms with van der Waals surface area (Å²) in [6.45, 7) is 5.92. The number of hydrogen-bond acceptors (Lipinski definition) is 4. The molecule has 92 valence electrons. The Bertz CT molecular complexity index is 486. The van der Waals surface area contributed by atoms with Crippen molar-refractivity contribution in [2.45, 2.75) is 26.4 Å². The van der Waals surface area contributed by atoms with Gasteiger partial charge in [0.05, 0.1) is 17.1 Å². The van der Waals surface area contributed by atoms with Crippen molar-refractivity contribution in [3.63, 3.8) is 0 Å². The van der Waals surface area contributed by atoms with Gasteiger partial charge in [0.2, 0.25) is 0 Å². The lowest BCUT2D eigenvalue weighted by Crippen LogP contribution is -2.17. The van der Waals surface area contributed by atoms with Crippen LogP contribution in [0.25, 0.3) is 10.9 Å². The lowest BCUT2D eigenvalue weighted by molar-refractivity contribution is -0.138. The van der Waals surface area contributed by atoms with Gasteiger partial charge >= 0.3 is 0 Å². The number of aromatic hydroxyl groups is 1. The predicted molar refractivity (Wildman–Crippen MR) is 64.7 cm³/mol. The number of carbonyl (C=O) groups is 1. The van der Waals surface area contributed by atoms with E-state index >= 15 is 0 Å². The maximum Gasteiger partial charge on any atom is 0.293 e. The summed E-state index contributed by atoms with van der Waals surface area (Å²) < 4.78 is 4.55. The molecular weight excluding hydrogens is 220 g/mol. The zero-order chi connectivity index (χ0) is 12.9. The number of fused-ring (bicyclic) bond motifs is 1. The van der Waals surface area contributed by atoms with Crippen LogP contribution in [0.3, 0.4) is 0 Å². The van der Waals surface area contributed by atoms with Crippen molar-refractivity contribution in [2.75, 3.05) is 0 Å². The Labute approximate surface area is 99.4 Å². The third-order valence-corrected chi connectivity index (χ3v) is 1.86. The molecule has 0 fully saturated rings. The Morgan fingerprint density at radius 3 is 2.59 bits per heavy atom. The summed E-state index contributed by atoms with van der Waals surface area (Å²) in [5.74, 6) is 0.270. The number of aromatic amines is 1. The molecule has 1 aromatic carbocycles. The highest BCUT2D eigenvalue weighted by molar-refractivity contribution is 5.83. The van der Waals surface area contributed by atoms with Crippen molar-refractivity contribution in [3.05, 3.63) is 24.4 Å². The van der Waals surface area contributed by atoms with Crippen molar-refractivity contribution in [3.8, 4) is 5.75 Å². The second kappa shape index (κ2) is 5.34. The second-order valence-electron chi connectivity index (χ2n) is 4.43. The molecule has 5 heteroatoms. The predicted octanol–water partition coefficient (Wildman–Crippen LogP) is 2.23. The van der Waals surface area contributed by atoms with E-state index in [0.29, 0.717) is 6.47 Å². The first-order valence-corrected chi connectivity index (χ1v) is 5.16. The molecule has 1 heterocycles. The standard InChI is InChI=1S/C7H6N2O.C5H10O2/c10-7-3-1-2-6-5(7)4-8-9-6;1-5(2,3)7-4-6/h1-4,10H,(H,8,9);4H,1-3H3. The van der Waals surface area contributed by atoms with E-state index in [0.717, 1.165) is 10.9 Å². The molecule has 0 spiro atoms. The summed E-state index contributed by atoms with van der Waals surface area (Å²) in [6.07, 6.45) is 1.60. The van der Waals surface area contributed by atoms with E-state index in [9.17, 15) is 9.90 Å².